The van der Waals surface area contributed by atoms with E-state index in [-0.39, 0.29) is 17.7 Å². The van der Waals surface area contributed by atoms with E-state index < -0.39 is 24.1 Å². The van der Waals surface area contributed by atoms with Gasteiger partial charge in [0.1, 0.15) is 0 Å². The van der Waals surface area contributed by atoms with Gasteiger partial charge in [0.05, 0.1) is 18.1 Å². The molecule has 0 unspecified atom stereocenters. The van der Waals surface area contributed by atoms with E-state index >= 15 is 0 Å². The van der Waals surface area contributed by atoms with Crippen LogP contribution < -0.4 is 15.9 Å². The van der Waals surface area contributed by atoms with Gasteiger partial charge in [-0.2, -0.15) is 5.26 Å². The van der Waals surface area contributed by atoms with Crippen LogP contribution in [0.15, 0.2) is 11.0 Å². The highest BCUT2D eigenvalue weighted by molar-refractivity contribution is 5.32. The fourth-order valence-corrected chi connectivity index (χ4v) is 1.20. The van der Waals surface area contributed by atoms with Gasteiger partial charge in [-0.05, 0) is 0 Å². The van der Waals surface area contributed by atoms with Gasteiger partial charge in [-0.1, -0.05) is 0 Å². The van der Waals surface area contributed by atoms with Crippen LogP contribution in [0.3, 0.4) is 0 Å². The van der Waals surface area contributed by atoms with Gasteiger partial charge in [-0.25, -0.2) is 0 Å². The van der Waals surface area contributed by atoms with Gasteiger partial charge in [-0.15, -0.1) is 13.2 Å². The predicted molar refractivity (Wildman–Crippen MR) is 51.0 cm³/mol. The standard InChI is InChI=1S/C9H8F3N3O2/c10-9(11,12)17-8-6(1-2-13)7(16)5(3-14)4-15-8/h4H,1,3,14H2,(H,15,16). The van der Waals surface area contributed by atoms with Crippen molar-refractivity contribution >= 4 is 0 Å². The molecule has 17 heavy (non-hydrogen) atoms. The van der Waals surface area contributed by atoms with Crippen LogP contribution in [-0.2, 0) is 13.0 Å². The minimum atomic E-state index is -4.93. The largest absolute Gasteiger partial charge is 0.574 e. The van der Waals surface area contributed by atoms with E-state index in [9.17, 15) is 18.0 Å². The van der Waals surface area contributed by atoms with E-state index in [0.29, 0.717) is 0 Å². The van der Waals surface area contributed by atoms with E-state index in [0.717, 1.165) is 6.20 Å². The lowest BCUT2D eigenvalue weighted by Gasteiger charge is -2.11. The molecule has 0 aliphatic heterocycles. The number of H-pyrrole nitrogens is 1. The summed E-state index contributed by atoms with van der Waals surface area (Å²) >= 11 is 0. The Balaban J connectivity index is 3.27. The molecule has 5 nitrogen and oxygen atoms in total. The van der Waals surface area contributed by atoms with Crippen molar-refractivity contribution in [3.05, 3.63) is 27.5 Å². The monoisotopic (exact) mass is 247 g/mol. The fraction of sp³-hybridized carbons (Fsp3) is 0.333. The van der Waals surface area contributed by atoms with Crippen molar-refractivity contribution in [2.24, 2.45) is 5.73 Å². The summed E-state index contributed by atoms with van der Waals surface area (Å²) in [7, 11) is 0. The molecule has 0 saturated carbocycles. The van der Waals surface area contributed by atoms with Crippen molar-refractivity contribution in [3.8, 4) is 11.9 Å². The molecule has 0 aliphatic rings. The summed E-state index contributed by atoms with van der Waals surface area (Å²) in [5.74, 6) is -0.777. The predicted octanol–water partition coefficient (Wildman–Crippen LogP) is 0.798. The molecule has 1 heterocycles. The molecule has 1 rings (SSSR count). The summed E-state index contributed by atoms with van der Waals surface area (Å²) in [6, 6.07) is 1.59. The van der Waals surface area contributed by atoms with Crippen LogP contribution in [-0.4, -0.2) is 11.3 Å². The molecule has 0 radical (unpaired) electrons. The highest BCUT2D eigenvalue weighted by Crippen LogP contribution is 2.22. The minimum absolute atomic E-state index is 0.0878. The SMILES string of the molecule is N#CCc1c(OC(F)(F)F)[nH]cc(CN)c1=O. The minimum Gasteiger partial charge on any atom is -0.389 e. The normalized spacial score (nSPS) is 11.0. The molecule has 0 bridgehead atoms. The number of nitrogens with zero attached hydrogens (tertiary/aromatic N) is 1. The number of hydrogen-bond donors (Lipinski definition) is 2. The lowest BCUT2D eigenvalue weighted by atomic mass is 10.1. The van der Waals surface area contributed by atoms with Gasteiger partial charge in [0.15, 0.2) is 5.43 Å². The molecule has 0 amide bonds. The zero-order chi connectivity index (χ0) is 13.1. The number of nitriles is 1. The summed E-state index contributed by atoms with van der Waals surface area (Å²) in [6.07, 6.45) is -4.39. The number of ether oxygens (including phenoxy) is 1. The Morgan fingerprint density at radius 1 is 1.53 bits per heavy atom. The van der Waals surface area contributed by atoms with Crippen molar-refractivity contribution in [3.63, 3.8) is 0 Å². The summed E-state index contributed by atoms with van der Waals surface area (Å²) in [6.45, 7) is -0.139. The maximum Gasteiger partial charge on any atom is 0.574 e. The average Bonchev–Trinajstić information content (AvgIpc) is 2.22. The number of rotatable bonds is 3. The Morgan fingerprint density at radius 2 is 2.18 bits per heavy atom. The lowest BCUT2D eigenvalue weighted by molar-refractivity contribution is -0.276. The van der Waals surface area contributed by atoms with Crippen molar-refractivity contribution in [1.29, 1.82) is 5.26 Å². The molecule has 92 valence electrons. The maximum absolute atomic E-state index is 12.0. The number of pyridine rings is 1. The summed E-state index contributed by atoms with van der Waals surface area (Å²) < 4.78 is 39.7. The third-order valence-electron chi connectivity index (χ3n) is 1.91. The smallest absolute Gasteiger partial charge is 0.389 e. The second-order valence-electron chi connectivity index (χ2n) is 3.04. The van der Waals surface area contributed by atoms with E-state index in [2.05, 4.69) is 9.72 Å². The van der Waals surface area contributed by atoms with Crippen LogP contribution in [0.4, 0.5) is 13.2 Å². The second kappa shape index (κ2) is 4.88. The van der Waals surface area contributed by atoms with Crippen LogP contribution in [0.5, 0.6) is 5.88 Å². The molecule has 1 aromatic rings. The quantitative estimate of drug-likeness (QED) is 0.826. The first-order chi connectivity index (χ1) is 7.89. The topological polar surface area (TPSA) is 91.9 Å². The fourth-order valence-electron chi connectivity index (χ4n) is 1.20. The van der Waals surface area contributed by atoms with Gasteiger partial charge in [0.25, 0.3) is 0 Å². The van der Waals surface area contributed by atoms with Crippen LogP contribution in [0.1, 0.15) is 11.1 Å². The molecule has 3 N–H and O–H groups in total. The van der Waals surface area contributed by atoms with Crippen LogP contribution in [0.2, 0.25) is 0 Å². The molecule has 8 heteroatoms. The Hall–Kier alpha value is -2.01. The molecule has 0 spiro atoms. The lowest BCUT2D eigenvalue weighted by Crippen LogP contribution is -2.24. The van der Waals surface area contributed by atoms with Crippen LogP contribution in [0.25, 0.3) is 0 Å². The van der Waals surface area contributed by atoms with E-state index in [1.165, 1.54) is 0 Å². The highest BCUT2D eigenvalue weighted by atomic mass is 19.4. The van der Waals surface area contributed by atoms with Crippen LogP contribution >= 0.6 is 0 Å². The van der Waals surface area contributed by atoms with Crippen LogP contribution in [0, 0.1) is 11.3 Å². The summed E-state index contributed by atoms with van der Waals surface area (Å²) in [5, 5.41) is 8.46. The molecular formula is C9H8F3N3O2. The summed E-state index contributed by atoms with van der Waals surface area (Å²) in [5.41, 5.74) is 4.22. The first kappa shape index (κ1) is 13.1. The molecule has 0 aliphatic carbocycles. The number of nitrogens with one attached hydrogen (secondary N) is 1. The molecule has 0 saturated heterocycles. The molecule has 1 aromatic heterocycles. The molecule has 0 aromatic carbocycles. The second-order valence-corrected chi connectivity index (χ2v) is 3.04. The van der Waals surface area contributed by atoms with Crippen molar-refractivity contribution < 1.29 is 17.9 Å². The highest BCUT2D eigenvalue weighted by Gasteiger charge is 2.33. The Labute approximate surface area is 93.6 Å². The Kier molecular flexibility index (Phi) is 3.75. The zero-order valence-electron chi connectivity index (χ0n) is 8.47. The van der Waals surface area contributed by atoms with Crippen molar-refractivity contribution in [2.45, 2.75) is 19.3 Å². The first-order valence-electron chi connectivity index (χ1n) is 4.45. The van der Waals surface area contributed by atoms with Crippen molar-refractivity contribution in [1.82, 2.24) is 4.98 Å². The number of hydrogen-bond acceptors (Lipinski definition) is 4. The maximum atomic E-state index is 12.0. The van der Waals surface area contributed by atoms with E-state index in [4.69, 9.17) is 11.0 Å². The van der Waals surface area contributed by atoms with Crippen molar-refractivity contribution in [2.75, 3.05) is 0 Å². The van der Waals surface area contributed by atoms with Gasteiger partial charge in [0.2, 0.25) is 5.88 Å². The number of nitrogens with two attached hydrogens (primary N) is 1. The number of aromatic nitrogens is 1. The Bertz CT molecular complexity index is 502. The molecule has 0 atom stereocenters. The first-order valence-corrected chi connectivity index (χ1v) is 4.45. The summed E-state index contributed by atoms with van der Waals surface area (Å²) in [4.78, 5) is 13.8. The zero-order valence-corrected chi connectivity index (χ0v) is 8.47. The van der Waals surface area contributed by atoms with Gasteiger partial charge >= 0.3 is 6.36 Å². The molecular weight excluding hydrogens is 239 g/mol. The van der Waals surface area contributed by atoms with E-state index in [1.807, 2.05) is 0 Å². The average molecular weight is 247 g/mol. The third-order valence-corrected chi connectivity index (χ3v) is 1.91. The number of halogens is 3. The molecule has 0 fully saturated rings. The van der Waals surface area contributed by atoms with Gasteiger partial charge < -0.3 is 15.5 Å². The number of aromatic amines is 1. The third kappa shape index (κ3) is 3.22. The van der Waals surface area contributed by atoms with Gasteiger partial charge in [0, 0.05) is 18.3 Å². The number of alkyl halides is 3. The van der Waals surface area contributed by atoms with Gasteiger partial charge in [-0.3, -0.25) is 4.79 Å². The van der Waals surface area contributed by atoms with E-state index in [1.54, 1.807) is 6.07 Å². The Morgan fingerprint density at radius 3 is 2.65 bits per heavy atom.